The Morgan fingerprint density at radius 3 is 3.00 bits per heavy atom. The van der Waals surface area contributed by atoms with Crippen molar-refractivity contribution in [2.24, 2.45) is 5.92 Å². The van der Waals surface area contributed by atoms with Crippen LogP contribution in [0.15, 0.2) is 35.5 Å². The molecule has 0 amide bonds. The molecule has 118 valence electrons. The highest BCUT2D eigenvalue weighted by Crippen LogP contribution is 2.25. The SMILES string of the molecule is O=S(=O)(NCC1CCc2nccn2C1)c1cc(Cl)ccc1Cl. The molecule has 0 saturated heterocycles. The Labute approximate surface area is 139 Å². The van der Waals surface area contributed by atoms with E-state index in [4.69, 9.17) is 23.2 Å². The number of hydrogen-bond donors (Lipinski definition) is 1. The fourth-order valence-corrected chi connectivity index (χ4v) is 4.47. The van der Waals surface area contributed by atoms with Crippen molar-refractivity contribution in [3.63, 3.8) is 0 Å². The van der Waals surface area contributed by atoms with Crippen LogP contribution in [0.1, 0.15) is 12.2 Å². The smallest absolute Gasteiger partial charge is 0.242 e. The van der Waals surface area contributed by atoms with Crippen LogP contribution in [0.3, 0.4) is 0 Å². The predicted octanol–water partition coefficient (Wildman–Crippen LogP) is 2.73. The molecule has 1 atom stereocenters. The van der Waals surface area contributed by atoms with Crippen LogP contribution in [-0.4, -0.2) is 24.5 Å². The van der Waals surface area contributed by atoms with Crippen molar-refractivity contribution in [2.75, 3.05) is 6.54 Å². The summed E-state index contributed by atoms with van der Waals surface area (Å²) in [5.74, 6) is 1.28. The third kappa shape index (κ3) is 3.30. The van der Waals surface area contributed by atoms with Gasteiger partial charge in [0.25, 0.3) is 0 Å². The summed E-state index contributed by atoms with van der Waals surface area (Å²) >= 11 is 11.8. The normalized spacial score (nSPS) is 18.2. The van der Waals surface area contributed by atoms with Gasteiger partial charge in [-0.1, -0.05) is 23.2 Å². The van der Waals surface area contributed by atoms with Crippen molar-refractivity contribution in [2.45, 2.75) is 24.3 Å². The van der Waals surface area contributed by atoms with Gasteiger partial charge in [0.15, 0.2) is 0 Å². The van der Waals surface area contributed by atoms with Crippen LogP contribution in [0.5, 0.6) is 0 Å². The molecule has 1 aliphatic heterocycles. The molecular formula is C14H15Cl2N3O2S. The molecule has 2 aromatic rings. The molecule has 0 spiro atoms. The summed E-state index contributed by atoms with van der Waals surface area (Å²) in [6, 6.07) is 4.41. The number of halogens is 2. The zero-order chi connectivity index (χ0) is 15.7. The molecule has 1 unspecified atom stereocenters. The van der Waals surface area contributed by atoms with Crippen LogP contribution in [0.4, 0.5) is 0 Å². The van der Waals surface area contributed by atoms with E-state index in [2.05, 4.69) is 14.3 Å². The lowest BCUT2D eigenvalue weighted by Crippen LogP contribution is -2.33. The number of nitrogens with one attached hydrogen (secondary N) is 1. The molecule has 0 aliphatic carbocycles. The Kier molecular flexibility index (Phi) is 4.45. The van der Waals surface area contributed by atoms with Gasteiger partial charge in [-0.25, -0.2) is 18.1 Å². The fraction of sp³-hybridized carbons (Fsp3) is 0.357. The second kappa shape index (κ2) is 6.20. The van der Waals surface area contributed by atoms with Gasteiger partial charge in [-0.15, -0.1) is 0 Å². The van der Waals surface area contributed by atoms with Crippen molar-refractivity contribution in [1.29, 1.82) is 0 Å². The van der Waals surface area contributed by atoms with Gasteiger partial charge in [0.1, 0.15) is 10.7 Å². The topological polar surface area (TPSA) is 64.0 Å². The lowest BCUT2D eigenvalue weighted by molar-refractivity contribution is 0.363. The molecule has 0 radical (unpaired) electrons. The number of imidazole rings is 1. The van der Waals surface area contributed by atoms with Crippen molar-refractivity contribution in [3.05, 3.63) is 46.5 Å². The quantitative estimate of drug-likeness (QED) is 0.912. The molecule has 1 aromatic heterocycles. The van der Waals surface area contributed by atoms with E-state index in [0.29, 0.717) is 11.6 Å². The Morgan fingerprint density at radius 2 is 2.18 bits per heavy atom. The lowest BCUT2D eigenvalue weighted by atomic mass is 10.00. The van der Waals surface area contributed by atoms with Gasteiger partial charge in [0.05, 0.1) is 5.02 Å². The number of nitrogens with zero attached hydrogens (tertiary/aromatic N) is 2. The third-order valence-corrected chi connectivity index (χ3v) is 5.92. The molecule has 0 saturated carbocycles. The Balaban J connectivity index is 1.69. The van der Waals surface area contributed by atoms with Gasteiger partial charge in [-0.3, -0.25) is 0 Å². The summed E-state index contributed by atoms with van der Waals surface area (Å²) in [5, 5.41) is 0.503. The lowest BCUT2D eigenvalue weighted by Gasteiger charge is -2.24. The standard InChI is InChI=1S/C14H15Cl2N3O2S/c15-11-2-3-12(16)13(7-11)22(20,21)18-8-10-1-4-14-17-5-6-19(14)9-10/h2-3,5-7,10,18H,1,4,8-9H2. The monoisotopic (exact) mass is 359 g/mol. The maximum absolute atomic E-state index is 12.4. The van der Waals surface area contributed by atoms with E-state index in [0.717, 1.165) is 25.2 Å². The molecule has 1 aromatic carbocycles. The van der Waals surface area contributed by atoms with E-state index in [1.165, 1.54) is 12.1 Å². The number of aryl methyl sites for hydroxylation is 1. The van der Waals surface area contributed by atoms with Gasteiger partial charge >= 0.3 is 0 Å². The summed E-state index contributed by atoms with van der Waals surface area (Å²) in [6.45, 7) is 1.13. The van der Waals surface area contributed by atoms with Crippen molar-refractivity contribution in [3.8, 4) is 0 Å². The minimum absolute atomic E-state index is 0.0146. The molecule has 0 fully saturated rings. The van der Waals surface area contributed by atoms with Gasteiger partial charge in [-0.05, 0) is 30.5 Å². The highest BCUT2D eigenvalue weighted by atomic mass is 35.5. The summed E-state index contributed by atoms with van der Waals surface area (Å²) in [5.41, 5.74) is 0. The highest BCUT2D eigenvalue weighted by Gasteiger charge is 2.23. The second-order valence-corrected chi connectivity index (χ2v) is 7.91. The second-order valence-electron chi connectivity index (χ2n) is 5.33. The number of benzene rings is 1. The minimum atomic E-state index is -3.67. The molecule has 2 heterocycles. The van der Waals surface area contributed by atoms with Gasteiger partial charge in [0.2, 0.25) is 10.0 Å². The first kappa shape index (κ1) is 15.8. The first-order valence-corrected chi connectivity index (χ1v) is 9.14. The number of sulfonamides is 1. The predicted molar refractivity (Wildman–Crippen MR) is 85.7 cm³/mol. The van der Waals surface area contributed by atoms with Crippen LogP contribution in [0, 0.1) is 5.92 Å². The largest absolute Gasteiger partial charge is 0.335 e. The maximum Gasteiger partial charge on any atom is 0.242 e. The minimum Gasteiger partial charge on any atom is -0.335 e. The van der Waals surface area contributed by atoms with Gasteiger partial charge in [0, 0.05) is 36.9 Å². The summed E-state index contributed by atoms with van der Waals surface area (Å²) < 4.78 is 29.4. The first-order valence-electron chi connectivity index (χ1n) is 6.90. The molecule has 8 heteroatoms. The molecular weight excluding hydrogens is 345 g/mol. The van der Waals surface area contributed by atoms with Gasteiger partial charge < -0.3 is 4.57 Å². The van der Waals surface area contributed by atoms with Crippen molar-refractivity contribution < 1.29 is 8.42 Å². The highest BCUT2D eigenvalue weighted by molar-refractivity contribution is 7.89. The third-order valence-electron chi connectivity index (χ3n) is 3.78. The summed E-state index contributed by atoms with van der Waals surface area (Å²) in [7, 11) is -3.67. The number of hydrogen-bond acceptors (Lipinski definition) is 3. The average molecular weight is 360 g/mol. The number of rotatable bonds is 4. The Morgan fingerprint density at radius 1 is 1.36 bits per heavy atom. The maximum atomic E-state index is 12.4. The van der Waals surface area contributed by atoms with E-state index >= 15 is 0 Å². The Bertz CT molecular complexity index is 789. The van der Waals surface area contributed by atoms with E-state index in [1.54, 1.807) is 12.3 Å². The van der Waals surface area contributed by atoms with E-state index in [1.807, 2.05) is 6.20 Å². The molecule has 1 N–H and O–H groups in total. The van der Waals surface area contributed by atoms with Crippen LogP contribution >= 0.6 is 23.2 Å². The average Bonchev–Trinajstić information content (AvgIpc) is 2.95. The Hall–Kier alpha value is -1.08. The van der Waals surface area contributed by atoms with Crippen molar-refractivity contribution >= 4 is 33.2 Å². The van der Waals surface area contributed by atoms with E-state index in [-0.39, 0.29) is 15.8 Å². The number of aromatic nitrogens is 2. The summed E-state index contributed by atoms with van der Waals surface area (Å²) in [4.78, 5) is 4.28. The van der Waals surface area contributed by atoms with Crippen molar-refractivity contribution in [1.82, 2.24) is 14.3 Å². The zero-order valence-electron chi connectivity index (χ0n) is 11.7. The van der Waals surface area contributed by atoms with E-state index in [9.17, 15) is 8.42 Å². The van der Waals surface area contributed by atoms with Gasteiger partial charge in [-0.2, -0.15) is 0 Å². The molecule has 3 rings (SSSR count). The van der Waals surface area contributed by atoms with Crippen LogP contribution in [0.25, 0.3) is 0 Å². The van der Waals surface area contributed by atoms with E-state index < -0.39 is 10.0 Å². The van der Waals surface area contributed by atoms with Crippen LogP contribution < -0.4 is 4.72 Å². The summed E-state index contributed by atoms with van der Waals surface area (Å²) in [6.07, 6.45) is 5.46. The zero-order valence-corrected chi connectivity index (χ0v) is 14.0. The molecule has 5 nitrogen and oxygen atoms in total. The van der Waals surface area contributed by atoms with Crippen LogP contribution in [0.2, 0.25) is 10.0 Å². The molecule has 1 aliphatic rings. The molecule has 0 bridgehead atoms. The molecule has 22 heavy (non-hydrogen) atoms. The van der Waals surface area contributed by atoms with Crippen LogP contribution in [-0.2, 0) is 23.0 Å². The number of fused-ring (bicyclic) bond motifs is 1. The fourth-order valence-electron chi connectivity index (χ4n) is 2.59. The first-order chi connectivity index (χ1) is 10.5.